The third-order valence-electron chi connectivity index (χ3n) is 5.91. The van der Waals surface area contributed by atoms with Gasteiger partial charge in [-0.25, -0.2) is 18.4 Å². The summed E-state index contributed by atoms with van der Waals surface area (Å²) in [5.41, 5.74) is 4.29. The van der Waals surface area contributed by atoms with Crippen LogP contribution in [0.3, 0.4) is 0 Å². The maximum absolute atomic E-state index is 13.4. The van der Waals surface area contributed by atoms with Gasteiger partial charge in [0.05, 0.1) is 28.1 Å². The summed E-state index contributed by atoms with van der Waals surface area (Å²) in [6, 6.07) is 26.6. The second-order valence-electron chi connectivity index (χ2n) is 8.78. The summed E-state index contributed by atoms with van der Waals surface area (Å²) in [4.78, 5) is 24.5. The van der Waals surface area contributed by atoms with Crippen molar-refractivity contribution in [3.05, 3.63) is 114 Å². The molecule has 2 aliphatic heterocycles. The molecule has 5 rings (SSSR count). The van der Waals surface area contributed by atoms with Crippen LogP contribution in [0.5, 0.6) is 5.75 Å². The van der Waals surface area contributed by atoms with Gasteiger partial charge in [0.2, 0.25) is 0 Å². The van der Waals surface area contributed by atoms with E-state index in [0.717, 1.165) is 11.1 Å². The maximum Gasteiger partial charge on any atom is 1.00 e. The molecule has 0 aromatic heterocycles. The fourth-order valence-electron chi connectivity index (χ4n) is 4.13. The number of nitrogens with zero attached hydrogens (tertiary/aromatic N) is 3. The van der Waals surface area contributed by atoms with Crippen molar-refractivity contribution in [1.82, 2.24) is 4.90 Å². The van der Waals surface area contributed by atoms with Crippen LogP contribution in [0.15, 0.2) is 107 Å². The minimum absolute atomic E-state index is 0. The second kappa shape index (κ2) is 12.7. The molecule has 0 fully saturated rings. The number of carbonyl (C=O) groups is 1. The van der Waals surface area contributed by atoms with E-state index in [-0.39, 0.29) is 54.2 Å². The molecule has 0 radical (unpaired) electrons. The average molecular weight is 550 g/mol. The fraction of sp³-hybridized carbons (Fsp3) is 0.138. The molecule has 0 saturated heterocycles. The summed E-state index contributed by atoms with van der Waals surface area (Å²) >= 11 is 0. The summed E-state index contributed by atoms with van der Waals surface area (Å²) < 4.78 is 37.9. The molecular formula is C29H24N3NaO5S. The average Bonchev–Trinajstić information content (AvgIpc) is 3.23. The summed E-state index contributed by atoms with van der Waals surface area (Å²) in [7, 11) is -4.28. The van der Waals surface area contributed by atoms with E-state index in [2.05, 4.69) is 4.99 Å². The van der Waals surface area contributed by atoms with Crippen molar-refractivity contribution >= 4 is 39.3 Å². The zero-order valence-corrected chi connectivity index (χ0v) is 24.2. The molecular weight excluding hydrogens is 525 g/mol. The van der Waals surface area contributed by atoms with Gasteiger partial charge in [-0.15, -0.1) is 0 Å². The third-order valence-corrected chi connectivity index (χ3v) is 6.70. The Morgan fingerprint density at radius 1 is 0.923 bits per heavy atom. The molecule has 3 aromatic rings. The van der Waals surface area contributed by atoms with Gasteiger partial charge in [-0.2, -0.15) is 0 Å². The molecule has 8 nitrogen and oxygen atoms in total. The van der Waals surface area contributed by atoms with Crippen molar-refractivity contribution in [3.8, 4) is 5.75 Å². The fourth-order valence-corrected chi connectivity index (χ4v) is 4.60. The predicted molar refractivity (Wildman–Crippen MR) is 145 cm³/mol. The number of rotatable bonds is 9. The van der Waals surface area contributed by atoms with E-state index in [1.807, 2.05) is 66.7 Å². The van der Waals surface area contributed by atoms with Crippen molar-refractivity contribution < 1.29 is 52.1 Å². The van der Waals surface area contributed by atoms with Crippen molar-refractivity contribution in [2.75, 3.05) is 12.4 Å². The van der Waals surface area contributed by atoms with Gasteiger partial charge in [-0.1, -0.05) is 72.8 Å². The number of amides is 1. The first-order valence-electron chi connectivity index (χ1n) is 12.1. The minimum atomic E-state index is -4.28. The van der Waals surface area contributed by atoms with E-state index in [1.165, 1.54) is 0 Å². The van der Waals surface area contributed by atoms with Gasteiger partial charge in [0.1, 0.15) is 11.4 Å². The van der Waals surface area contributed by atoms with Crippen LogP contribution >= 0.6 is 0 Å². The van der Waals surface area contributed by atoms with Crippen molar-refractivity contribution in [2.24, 2.45) is 9.98 Å². The number of carbonyl (C=O) groups excluding carboxylic acids is 1. The van der Waals surface area contributed by atoms with Crippen LogP contribution < -0.4 is 34.3 Å². The Labute approximate surface area is 249 Å². The number of ether oxygens (including phenoxy) is 1. The molecule has 2 heterocycles. The van der Waals surface area contributed by atoms with E-state index in [9.17, 15) is 17.8 Å². The van der Waals surface area contributed by atoms with Crippen molar-refractivity contribution in [3.63, 3.8) is 0 Å². The molecule has 10 heteroatoms. The van der Waals surface area contributed by atoms with Crippen LogP contribution in [0, 0.1) is 0 Å². The summed E-state index contributed by atoms with van der Waals surface area (Å²) in [5, 5.41) is 0. The number of hydrogen-bond acceptors (Lipinski definition) is 7. The van der Waals surface area contributed by atoms with Crippen LogP contribution in [-0.4, -0.2) is 47.7 Å². The molecule has 0 spiro atoms. The minimum Gasteiger partial charge on any atom is -0.748 e. The Hall–Kier alpha value is -3.34. The Kier molecular flexibility index (Phi) is 9.32. The number of aliphatic imine (C=N–C) groups is 2. The molecule has 0 N–H and O–H groups in total. The molecule has 0 unspecified atom stereocenters. The molecule has 0 aliphatic carbocycles. The standard InChI is InChI=1S/C29H25N3O5S.Na/c33-29-26(19-22-11-7-14-24(17-22)37-15-8-16-38(34,35)36)31-28-25(18-21-9-3-1-4-10-21)30-27(20-32(28)29)23-12-5-2-6-13-23;/h1-7,9-14,17,19-20H,8,15-16,18H2,(H,34,35,36);/q;+1/p-1/b26-19-;. The van der Waals surface area contributed by atoms with Gasteiger partial charge < -0.3 is 9.29 Å². The first-order chi connectivity index (χ1) is 18.4. The zero-order valence-electron chi connectivity index (χ0n) is 21.4. The second-order valence-corrected chi connectivity index (χ2v) is 10.3. The monoisotopic (exact) mass is 549 g/mol. The van der Waals surface area contributed by atoms with Crippen LogP contribution in [0.2, 0.25) is 0 Å². The maximum atomic E-state index is 13.4. The Bertz CT molecular complexity index is 1580. The van der Waals surface area contributed by atoms with Crippen molar-refractivity contribution in [1.29, 1.82) is 0 Å². The quantitative estimate of drug-likeness (QED) is 0.173. The van der Waals surface area contributed by atoms with Crippen LogP contribution in [0.25, 0.3) is 11.8 Å². The number of fused-ring (bicyclic) bond motifs is 1. The van der Waals surface area contributed by atoms with Gasteiger partial charge in [-0.05, 0) is 35.8 Å². The van der Waals surface area contributed by atoms with E-state index in [1.54, 1.807) is 35.4 Å². The SMILES string of the molecule is O=C1/C(=C/c2cccc(OCCCS(=O)(=O)[O-])c2)N=C2C(Cc3ccccc3)=NC(c3ccccc3)=CN12.[Na+]. The third kappa shape index (κ3) is 7.40. The first kappa shape index (κ1) is 28.7. The normalized spacial score (nSPS) is 15.7. The summed E-state index contributed by atoms with van der Waals surface area (Å²) in [6.45, 7) is 0.0862. The van der Waals surface area contributed by atoms with E-state index in [0.29, 0.717) is 35.0 Å². The Morgan fingerprint density at radius 3 is 2.36 bits per heavy atom. The van der Waals surface area contributed by atoms with Crippen LogP contribution in [-0.2, 0) is 21.3 Å². The largest absolute Gasteiger partial charge is 1.00 e. The van der Waals surface area contributed by atoms with Crippen molar-refractivity contribution in [2.45, 2.75) is 12.8 Å². The van der Waals surface area contributed by atoms with Gasteiger partial charge in [0.25, 0.3) is 5.91 Å². The van der Waals surface area contributed by atoms with Gasteiger partial charge in [0.15, 0.2) is 5.84 Å². The molecule has 3 aromatic carbocycles. The van der Waals surface area contributed by atoms with Crippen LogP contribution in [0.1, 0.15) is 23.1 Å². The van der Waals surface area contributed by atoms with E-state index >= 15 is 0 Å². The number of hydrogen-bond donors (Lipinski definition) is 0. The number of benzene rings is 3. The van der Waals surface area contributed by atoms with E-state index in [4.69, 9.17) is 9.73 Å². The molecule has 192 valence electrons. The smallest absolute Gasteiger partial charge is 0.748 e. The van der Waals surface area contributed by atoms with Crippen LogP contribution in [0.4, 0.5) is 0 Å². The van der Waals surface area contributed by atoms with Gasteiger partial charge in [-0.3, -0.25) is 9.69 Å². The predicted octanol–water partition coefficient (Wildman–Crippen LogP) is 1.28. The summed E-state index contributed by atoms with van der Waals surface area (Å²) in [5.74, 6) is 0.247. The van der Waals surface area contributed by atoms with E-state index < -0.39 is 15.9 Å². The van der Waals surface area contributed by atoms with Gasteiger partial charge >= 0.3 is 29.6 Å². The first-order valence-corrected chi connectivity index (χ1v) is 13.6. The Balaban J connectivity index is 0.00000353. The molecule has 1 amide bonds. The number of amidine groups is 1. The van der Waals surface area contributed by atoms with Gasteiger partial charge in [0, 0.05) is 23.9 Å². The molecule has 2 aliphatic rings. The zero-order chi connectivity index (χ0) is 26.5. The Morgan fingerprint density at radius 2 is 1.64 bits per heavy atom. The molecule has 39 heavy (non-hydrogen) atoms. The molecule has 0 atom stereocenters. The summed E-state index contributed by atoms with van der Waals surface area (Å²) in [6.07, 6.45) is 4.01. The topological polar surface area (TPSA) is 111 Å². The molecule has 0 bridgehead atoms. The molecule has 0 saturated carbocycles.